The number of carboxylic acid groups (broad SMARTS) is 1. The third-order valence-electron chi connectivity index (χ3n) is 2.25. The van der Waals surface area contributed by atoms with E-state index in [0.29, 0.717) is 0 Å². The normalized spacial score (nSPS) is 11.3. The van der Waals surface area contributed by atoms with Crippen molar-refractivity contribution < 1.29 is 33.7 Å². The molecule has 0 fully saturated rings. The lowest BCUT2D eigenvalue weighted by atomic mass is 10.1. The van der Waals surface area contributed by atoms with Gasteiger partial charge in [0.25, 0.3) is 0 Å². The summed E-state index contributed by atoms with van der Waals surface area (Å²) >= 11 is 0. The monoisotopic (exact) mass is 282 g/mol. The molecular formula is C13H14O7. The predicted octanol–water partition coefficient (Wildman–Crippen LogP) is 1.31. The second-order valence-corrected chi connectivity index (χ2v) is 3.83. The average Bonchev–Trinajstić information content (AvgIpc) is 2.35. The lowest BCUT2D eigenvalue weighted by molar-refractivity contribution is -0.163. The number of benzene rings is 1. The Bertz CT molecular complexity index is 536. The third-order valence-corrected chi connectivity index (χ3v) is 2.25. The zero-order valence-electron chi connectivity index (χ0n) is 11.2. The van der Waals surface area contributed by atoms with Gasteiger partial charge in [-0.2, -0.15) is 0 Å². The molecule has 0 unspecified atom stereocenters. The van der Waals surface area contributed by atoms with Crippen LogP contribution in [0.3, 0.4) is 0 Å². The van der Waals surface area contributed by atoms with Gasteiger partial charge in [-0.15, -0.1) is 0 Å². The molecular weight excluding hydrogens is 268 g/mol. The maximum absolute atomic E-state index is 11.1. The molecule has 1 N–H and O–H groups in total. The molecule has 0 aliphatic rings. The van der Waals surface area contributed by atoms with Gasteiger partial charge in [0.1, 0.15) is 0 Å². The van der Waals surface area contributed by atoms with Gasteiger partial charge >= 0.3 is 17.9 Å². The van der Waals surface area contributed by atoms with E-state index in [1.165, 1.54) is 32.2 Å². The highest BCUT2D eigenvalue weighted by Gasteiger charge is 2.24. The van der Waals surface area contributed by atoms with Gasteiger partial charge < -0.3 is 19.3 Å². The first-order chi connectivity index (χ1) is 9.35. The third kappa shape index (κ3) is 3.98. The number of carboxylic acids is 1. The summed E-state index contributed by atoms with van der Waals surface area (Å²) in [6.07, 6.45) is -1.45. The van der Waals surface area contributed by atoms with Gasteiger partial charge in [0, 0.05) is 19.4 Å². The van der Waals surface area contributed by atoms with E-state index in [9.17, 15) is 14.4 Å². The minimum Gasteiger partial charge on any atom is -0.493 e. The Morgan fingerprint density at radius 3 is 2.20 bits per heavy atom. The lowest BCUT2D eigenvalue weighted by Crippen LogP contribution is -2.18. The zero-order chi connectivity index (χ0) is 15.3. The van der Waals surface area contributed by atoms with Crippen molar-refractivity contribution in [2.75, 3.05) is 7.11 Å². The van der Waals surface area contributed by atoms with E-state index < -0.39 is 24.0 Å². The fourth-order valence-electron chi connectivity index (χ4n) is 1.51. The summed E-state index contributed by atoms with van der Waals surface area (Å²) < 4.78 is 14.6. The van der Waals surface area contributed by atoms with Crippen LogP contribution >= 0.6 is 0 Å². The average molecular weight is 282 g/mol. The number of ether oxygens (including phenoxy) is 3. The summed E-state index contributed by atoms with van der Waals surface area (Å²) in [5, 5.41) is 9.05. The van der Waals surface area contributed by atoms with Crippen LogP contribution in [0.1, 0.15) is 25.5 Å². The minimum atomic E-state index is -1.45. The number of aliphatic carboxylic acids is 1. The van der Waals surface area contributed by atoms with Crippen LogP contribution in [0.4, 0.5) is 0 Å². The number of hydrogen-bond acceptors (Lipinski definition) is 6. The van der Waals surface area contributed by atoms with Crippen LogP contribution in [0.15, 0.2) is 18.2 Å². The Morgan fingerprint density at radius 1 is 1.10 bits per heavy atom. The molecule has 0 amide bonds. The summed E-state index contributed by atoms with van der Waals surface area (Å²) in [5.74, 6) is -2.26. The molecule has 1 atom stereocenters. The molecule has 0 bridgehead atoms. The Kier molecular flexibility index (Phi) is 5.08. The topological polar surface area (TPSA) is 99.1 Å². The van der Waals surface area contributed by atoms with E-state index >= 15 is 0 Å². The number of rotatable bonds is 5. The van der Waals surface area contributed by atoms with Crippen LogP contribution in [0.2, 0.25) is 0 Å². The molecule has 20 heavy (non-hydrogen) atoms. The molecule has 0 saturated heterocycles. The van der Waals surface area contributed by atoms with Crippen molar-refractivity contribution in [3.8, 4) is 11.5 Å². The van der Waals surface area contributed by atoms with Crippen molar-refractivity contribution in [2.24, 2.45) is 0 Å². The fourth-order valence-corrected chi connectivity index (χ4v) is 1.51. The summed E-state index contributed by atoms with van der Waals surface area (Å²) in [4.78, 5) is 32.9. The summed E-state index contributed by atoms with van der Waals surface area (Å²) in [7, 11) is 1.34. The number of carbonyl (C=O) groups excluding carboxylic acids is 2. The van der Waals surface area contributed by atoms with Crippen molar-refractivity contribution in [1.82, 2.24) is 0 Å². The molecule has 0 aliphatic heterocycles. The van der Waals surface area contributed by atoms with Crippen molar-refractivity contribution in [2.45, 2.75) is 20.0 Å². The first-order valence-corrected chi connectivity index (χ1v) is 5.61. The lowest BCUT2D eigenvalue weighted by Gasteiger charge is -2.15. The first-order valence-electron chi connectivity index (χ1n) is 5.61. The van der Waals surface area contributed by atoms with E-state index in [1.54, 1.807) is 0 Å². The van der Waals surface area contributed by atoms with Crippen molar-refractivity contribution in [3.05, 3.63) is 23.8 Å². The Morgan fingerprint density at radius 2 is 1.75 bits per heavy atom. The highest BCUT2D eigenvalue weighted by molar-refractivity contribution is 5.79. The highest BCUT2D eigenvalue weighted by Crippen LogP contribution is 2.31. The molecule has 1 aromatic rings. The SMILES string of the molecule is COc1cc([C@@H](OC(C)=O)C(=O)O)ccc1OC(C)=O. The number of carbonyl (C=O) groups is 3. The van der Waals surface area contributed by atoms with E-state index in [4.69, 9.17) is 19.3 Å². The smallest absolute Gasteiger partial charge is 0.349 e. The summed E-state index contributed by atoms with van der Waals surface area (Å²) in [6, 6.07) is 4.08. The molecule has 0 aliphatic carbocycles. The van der Waals surface area contributed by atoms with Gasteiger partial charge in [-0.3, -0.25) is 9.59 Å². The highest BCUT2D eigenvalue weighted by atomic mass is 16.6. The standard InChI is InChI=1S/C13H14O7/c1-7(14)19-10-5-4-9(6-11(10)18-3)12(13(16)17)20-8(2)15/h4-6,12H,1-3H3,(H,16,17)/t12-/m1/s1. The van der Waals surface area contributed by atoms with Gasteiger partial charge in [-0.25, -0.2) is 4.79 Å². The molecule has 0 saturated carbocycles. The predicted molar refractivity (Wildman–Crippen MR) is 66.4 cm³/mol. The molecule has 1 rings (SSSR count). The molecule has 7 heteroatoms. The van der Waals surface area contributed by atoms with Crippen LogP contribution in [0.25, 0.3) is 0 Å². The number of methoxy groups -OCH3 is 1. The Hall–Kier alpha value is -2.57. The van der Waals surface area contributed by atoms with Gasteiger partial charge in [0.15, 0.2) is 11.5 Å². The van der Waals surface area contributed by atoms with Crippen molar-refractivity contribution >= 4 is 17.9 Å². The molecule has 1 aromatic carbocycles. The van der Waals surface area contributed by atoms with Crippen LogP contribution in [-0.4, -0.2) is 30.1 Å². The molecule has 0 aromatic heterocycles. The van der Waals surface area contributed by atoms with Crippen molar-refractivity contribution in [1.29, 1.82) is 0 Å². The second kappa shape index (κ2) is 6.55. The number of hydrogen-bond donors (Lipinski definition) is 1. The largest absolute Gasteiger partial charge is 0.493 e. The molecule has 0 heterocycles. The molecule has 0 radical (unpaired) electrons. The quantitative estimate of drug-likeness (QED) is 0.642. The Labute approximate surface area is 115 Å². The van der Waals surface area contributed by atoms with Gasteiger partial charge in [-0.05, 0) is 12.1 Å². The maximum atomic E-state index is 11.1. The van der Waals surface area contributed by atoms with Crippen LogP contribution in [0.5, 0.6) is 11.5 Å². The van der Waals surface area contributed by atoms with Gasteiger partial charge in [0.2, 0.25) is 6.10 Å². The first kappa shape index (κ1) is 15.5. The van der Waals surface area contributed by atoms with Gasteiger partial charge in [0.05, 0.1) is 7.11 Å². The van der Waals surface area contributed by atoms with Crippen molar-refractivity contribution in [3.63, 3.8) is 0 Å². The second-order valence-electron chi connectivity index (χ2n) is 3.83. The van der Waals surface area contributed by atoms with E-state index in [-0.39, 0.29) is 17.1 Å². The minimum absolute atomic E-state index is 0.149. The summed E-state index contributed by atoms with van der Waals surface area (Å²) in [5.41, 5.74) is 0.195. The van der Waals surface area contributed by atoms with Gasteiger partial charge in [-0.1, -0.05) is 6.07 Å². The summed E-state index contributed by atoms with van der Waals surface area (Å²) in [6.45, 7) is 2.34. The maximum Gasteiger partial charge on any atom is 0.349 e. The zero-order valence-corrected chi connectivity index (χ0v) is 11.2. The fraction of sp³-hybridized carbons (Fsp3) is 0.308. The number of esters is 2. The van der Waals surface area contributed by atoms with Crippen LogP contribution < -0.4 is 9.47 Å². The van der Waals surface area contributed by atoms with Crippen LogP contribution in [-0.2, 0) is 19.1 Å². The van der Waals surface area contributed by atoms with E-state index in [0.717, 1.165) is 6.92 Å². The van der Waals surface area contributed by atoms with E-state index in [1.807, 2.05) is 0 Å². The Balaban J connectivity index is 3.15. The van der Waals surface area contributed by atoms with E-state index in [2.05, 4.69) is 0 Å². The molecule has 7 nitrogen and oxygen atoms in total. The molecule has 108 valence electrons. The molecule has 0 spiro atoms. The van der Waals surface area contributed by atoms with Crippen LogP contribution in [0, 0.1) is 0 Å².